The Bertz CT molecular complexity index is 790. The van der Waals surface area contributed by atoms with Gasteiger partial charge in [-0.25, -0.2) is 0 Å². The first-order chi connectivity index (χ1) is 23.6. The van der Waals surface area contributed by atoms with Crippen LogP contribution in [0.25, 0.3) is 0 Å². The number of nitrogens with one attached hydrogen (secondary N) is 1. The Balaban J connectivity index is 2.57. The van der Waals surface area contributed by atoms with E-state index < -0.39 is 74.2 Å². The van der Waals surface area contributed by atoms with Gasteiger partial charge < -0.3 is 50.5 Å². The Labute approximate surface area is 297 Å². The van der Waals surface area contributed by atoms with E-state index in [2.05, 4.69) is 26.1 Å². The van der Waals surface area contributed by atoms with Crippen molar-refractivity contribution in [2.24, 2.45) is 5.92 Å². The molecule has 0 aromatic heterocycles. The van der Waals surface area contributed by atoms with E-state index in [1.807, 2.05) is 0 Å². The fraction of sp³-hybridized carbons (Fsp3) is 0.974. The molecule has 1 aliphatic rings. The molecule has 0 spiro atoms. The van der Waals surface area contributed by atoms with Crippen molar-refractivity contribution in [3.8, 4) is 0 Å². The standard InChI is InChI=1S/C38H75NO10/c1-4-6-7-8-9-10-11-12-13-14-19-22-25-31(42)37(47)39-29(27-48-38-36(46)35(45)34(44)32(26-40)49-38)33(43)30(41)24-21-18-16-15-17-20-23-28(3)5-2/h28-36,38,40-46H,4-27H2,1-3H3,(H,39,47)/t28?,29-,30+,31+,32+,33-,34-,35-,36+,38+/m0/s1. The minimum absolute atomic E-state index is 0.263. The van der Waals surface area contributed by atoms with E-state index in [1.54, 1.807) is 0 Å². The van der Waals surface area contributed by atoms with Crippen LogP contribution in [-0.2, 0) is 14.3 Å². The lowest BCUT2D eigenvalue weighted by molar-refractivity contribution is -0.303. The molecule has 8 N–H and O–H groups in total. The highest BCUT2D eigenvalue weighted by Gasteiger charge is 2.44. The van der Waals surface area contributed by atoms with Gasteiger partial charge in [0.2, 0.25) is 5.91 Å². The molecule has 1 unspecified atom stereocenters. The molecule has 1 heterocycles. The molecule has 0 radical (unpaired) electrons. The van der Waals surface area contributed by atoms with Gasteiger partial charge in [0, 0.05) is 0 Å². The zero-order valence-electron chi connectivity index (χ0n) is 31.1. The van der Waals surface area contributed by atoms with E-state index in [0.29, 0.717) is 19.3 Å². The number of ether oxygens (including phenoxy) is 2. The Morgan fingerprint density at radius 3 is 1.69 bits per heavy atom. The molecular weight excluding hydrogens is 630 g/mol. The van der Waals surface area contributed by atoms with Crippen LogP contribution in [0.5, 0.6) is 0 Å². The van der Waals surface area contributed by atoms with Gasteiger partial charge in [-0.3, -0.25) is 4.79 Å². The summed E-state index contributed by atoms with van der Waals surface area (Å²) in [5.74, 6) is 0.0550. The van der Waals surface area contributed by atoms with E-state index in [4.69, 9.17) is 9.47 Å². The van der Waals surface area contributed by atoms with Crippen molar-refractivity contribution in [3.63, 3.8) is 0 Å². The molecule has 292 valence electrons. The van der Waals surface area contributed by atoms with Gasteiger partial charge in [0.05, 0.1) is 25.4 Å². The maximum Gasteiger partial charge on any atom is 0.249 e. The molecule has 1 fully saturated rings. The molecule has 0 aromatic carbocycles. The van der Waals surface area contributed by atoms with Gasteiger partial charge in [-0.15, -0.1) is 0 Å². The predicted octanol–water partition coefficient (Wildman–Crippen LogP) is 4.63. The molecule has 0 bridgehead atoms. The maximum atomic E-state index is 13.0. The van der Waals surface area contributed by atoms with Gasteiger partial charge in [0.15, 0.2) is 6.29 Å². The van der Waals surface area contributed by atoms with Crippen molar-refractivity contribution in [2.45, 2.75) is 217 Å². The van der Waals surface area contributed by atoms with Crippen molar-refractivity contribution < 1.29 is 50.0 Å². The van der Waals surface area contributed by atoms with Crippen molar-refractivity contribution in [1.29, 1.82) is 0 Å². The molecule has 10 atom stereocenters. The molecule has 11 heteroatoms. The van der Waals surface area contributed by atoms with Crippen LogP contribution in [0, 0.1) is 5.92 Å². The van der Waals surface area contributed by atoms with Crippen molar-refractivity contribution in [2.75, 3.05) is 13.2 Å². The van der Waals surface area contributed by atoms with Gasteiger partial charge in [-0.1, -0.05) is 149 Å². The molecule has 0 aliphatic carbocycles. The summed E-state index contributed by atoms with van der Waals surface area (Å²) >= 11 is 0. The van der Waals surface area contributed by atoms with Crippen LogP contribution in [0.4, 0.5) is 0 Å². The van der Waals surface area contributed by atoms with Gasteiger partial charge >= 0.3 is 0 Å². The number of hydrogen-bond acceptors (Lipinski definition) is 10. The fourth-order valence-corrected chi connectivity index (χ4v) is 6.41. The van der Waals surface area contributed by atoms with Crippen molar-refractivity contribution in [3.05, 3.63) is 0 Å². The first kappa shape index (κ1) is 46.1. The van der Waals surface area contributed by atoms with Gasteiger partial charge in [0.1, 0.15) is 36.6 Å². The molecule has 0 aromatic rings. The fourth-order valence-electron chi connectivity index (χ4n) is 6.41. The maximum absolute atomic E-state index is 13.0. The van der Waals surface area contributed by atoms with Gasteiger partial charge in [0.25, 0.3) is 0 Å². The van der Waals surface area contributed by atoms with Crippen LogP contribution in [0.15, 0.2) is 0 Å². The number of hydrogen-bond donors (Lipinski definition) is 8. The summed E-state index contributed by atoms with van der Waals surface area (Å²) in [7, 11) is 0. The summed E-state index contributed by atoms with van der Waals surface area (Å²) in [6, 6.07) is -1.16. The highest BCUT2D eigenvalue weighted by atomic mass is 16.7. The smallest absolute Gasteiger partial charge is 0.249 e. The van der Waals surface area contributed by atoms with E-state index in [9.17, 15) is 40.5 Å². The largest absolute Gasteiger partial charge is 0.394 e. The van der Waals surface area contributed by atoms with Crippen LogP contribution < -0.4 is 5.32 Å². The van der Waals surface area contributed by atoms with E-state index in [0.717, 1.165) is 44.4 Å². The third kappa shape index (κ3) is 20.1. The lowest BCUT2D eigenvalue weighted by Crippen LogP contribution is -2.60. The monoisotopic (exact) mass is 706 g/mol. The first-order valence-electron chi connectivity index (χ1n) is 19.8. The molecule has 11 nitrogen and oxygen atoms in total. The second-order valence-electron chi connectivity index (χ2n) is 14.6. The average molecular weight is 706 g/mol. The topological polar surface area (TPSA) is 189 Å². The summed E-state index contributed by atoms with van der Waals surface area (Å²) < 4.78 is 11.0. The Morgan fingerprint density at radius 2 is 1.18 bits per heavy atom. The van der Waals surface area contributed by atoms with Crippen molar-refractivity contribution in [1.82, 2.24) is 5.32 Å². The number of aliphatic hydroxyl groups is 7. The minimum Gasteiger partial charge on any atom is -0.394 e. The molecule has 1 aliphatic heterocycles. The van der Waals surface area contributed by atoms with Crippen molar-refractivity contribution >= 4 is 5.91 Å². The molecule has 1 amide bonds. The van der Waals surface area contributed by atoms with Crippen LogP contribution in [0.3, 0.4) is 0 Å². The Hall–Kier alpha value is -0.890. The summed E-state index contributed by atoms with van der Waals surface area (Å²) in [5.41, 5.74) is 0. The molecule has 0 saturated carbocycles. The van der Waals surface area contributed by atoms with E-state index >= 15 is 0 Å². The van der Waals surface area contributed by atoms with E-state index in [-0.39, 0.29) is 6.42 Å². The summed E-state index contributed by atoms with van der Waals surface area (Å²) in [4.78, 5) is 13.0. The lowest BCUT2D eigenvalue weighted by atomic mass is 9.97. The molecular formula is C38H75NO10. The minimum atomic E-state index is -1.65. The number of rotatable bonds is 31. The van der Waals surface area contributed by atoms with E-state index in [1.165, 1.54) is 77.0 Å². The third-order valence-electron chi connectivity index (χ3n) is 10.2. The average Bonchev–Trinajstić information content (AvgIpc) is 3.10. The lowest BCUT2D eigenvalue weighted by Gasteiger charge is -2.40. The molecule has 1 saturated heterocycles. The number of carbonyl (C=O) groups excluding carboxylic acids is 1. The quantitative estimate of drug-likeness (QED) is 0.0473. The second kappa shape index (κ2) is 28.7. The third-order valence-corrected chi connectivity index (χ3v) is 10.2. The summed E-state index contributed by atoms with van der Waals surface area (Å²) in [6.07, 6.45) is 11.8. The molecule has 49 heavy (non-hydrogen) atoms. The number of amides is 1. The highest BCUT2D eigenvalue weighted by Crippen LogP contribution is 2.23. The van der Waals surface area contributed by atoms with Crippen LogP contribution in [0.2, 0.25) is 0 Å². The normalized spacial score (nSPS) is 24.3. The number of aliphatic hydroxyl groups excluding tert-OH is 7. The molecule has 1 rings (SSSR count). The zero-order chi connectivity index (χ0) is 36.4. The number of carbonyl (C=O) groups is 1. The summed E-state index contributed by atoms with van der Waals surface area (Å²) in [5, 5.41) is 75.2. The highest BCUT2D eigenvalue weighted by molar-refractivity contribution is 5.80. The Morgan fingerprint density at radius 1 is 0.694 bits per heavy atom. The second-order valence-corrected chi connectivity index (χ2v) is 14.6. The number of unbranched alkanes of at least 4 members (excludes halogenated alkanes) is 16. The van der Waals surface area contributed by atoms with Gasteiger partial charge in [-0.05, 0) is 18.8 Å². The van der Waals surface area contributed by atoms with Crippen LogP contribution in [-0.4, -0.2) is 110 Å². The Kier molecular flexibility index (Phi) is 27.0. The SMILES string of the molecule is CCCCCCCCCCCCCC[C@@H](O)C(=O)N[C@@H](CO[C@@H]1O[C@H](CO)[C@H](O)[C@H](O)[C@H]1O)[C@H](O)[C@H](O)CCCCCCCCC(C)CC. The predicted molar refractivity (Wildman–Crippen MR) is 192 cm³/mol. The zero-order valence-corrected chi connectivity index (χ0v) is 31.1. The first-order valence-corrected chi connectivity index (χ1v) is 19.8. The van der Waals surface area contributed by atoms with Crippen LogP contribution >= 0.6 is 0 Å². The van der Waals surface area contributed by atoms with Crippen LogP contribution in [0.1, 0.15) is 162 Å². The summed E-state index contributed by atoms with van der Waals surface area (Å²) in [6.45, 7) is 5.66. The van der Waals surface area contributed by atoms with Gasteiger partial charge in [-0.2, -0.15) is 0 Å².